The minimum Gasteiger partial charge on any atom is -0.321 e. The minimum absolute atomic E-state index is 0.240. The van der Waals surface area contributed by atoms with Gasteiger partial charge in [0.25, 0.3) is 5.91 Å². The second-order valence-corrected chi connectivity index (χ2v) is 4.69. The Hall–Kier alpha value is -1.82. The summed E-state index contributed by atoms with van der Waals surface area (Å²) in [4.78, 5) is 12.1. The van der Waals surface area contributed by atoms with Gasteiger partial charge in [-0.05, 0) is 25.3 Å². The summed E-state index contributed by atoms with van der Waals surface area (Å²) in [6.45, 7) is 2.00. The maximum atomic E-state index is 12.1. The van der Waals surface area contributed by atoms with Gasteiger partial charge in [-0.15, -0.1) is 16.9 Å². The second-order valence-electron chi connectivity index (χ2n) is 3.89. The van der Waals surface area contributed by atoms with Crippen molar-refractivity contribution >= 4 is 23.4 Å². The van der Waals surface area contributed by atoms with Crippen LogP contribution in [0.5, 0.6) is 0 Å². The zero-order chi connectivity index (χ0) is 13.1. The molecule has 94 valence electrons. The van der Waals surface area contributed by atoms with E-state index in [2.05, 4.69) is 15.6 Å². The number of hydrogen-bond acceptors (Lipinski definition) is 4. The van der Waals surface area contributed by atoms with Gasteiger partial charge in [-0.3, -0.25) is 4.79 Å². The molecular weight excluding hydrogens is 248 g/mol. The van der Waals surface area contributed by atoms with E-state index in [9.17, 15) is 4.79 Å². The summed E-state index contributed by atoms with van der Waals surface area (Å²) in [5, 5.41) is 11.3. The molecular formula is C12H14N4OS. The Bertz CT molecular complexity index is 562. The summed E-state index contributed by atoms with van der Waals surface area (Å²) in [6, 6.07) is 7.62. The fourth-order valence-corrected chi connectivity index (χ4v) is 2.17. The number of thioether (sulfide) groups is 1. The molecule has 1 N–H and O–H groups in total. The Balaban J connectivity index is 2.19. The molecule has 1 aromatic heterocycles. The predicted octanol–water partition coefficient (Wildman–Crippen LogP) is 2.10. The van der Waals surface area contributed by atoms with Crippen LogP contribution in [0.2, 0.25) is 0 Å². The number of nitrogens with zero attached hydrogens (tertiary/aromatic N) is 3. The van der Waals surface area contributed by atoms with Gasteiger partial charge in [0.15, 0.2) is 5.69 Å². The number of aryl methyl sites for hydroxylation is 2. The third-order valence-electron chi connectivity index (χ3n) is 2.49. The number of amides is 1. The quantitative estimate of drug-likeness (QED) is 0.861. The zero-order valence-corrected chi connectivity index (χ0v) is 11.3. The average molecular weight is 262 g/mol. The standard InChI is InChI=1S/C12H14N4OS/c1-8-4-6-9(7-5-8)13-11(17)10-12(18-3)16(2)15-14-10/h4-7H,1-3H3,(H,13,17). The van der Waals surface area contributed by atoms with E-state index in [4.69, 9.17) is 0 Å². The topological polar surface area (TPSA) is 59.8 Å². The highest BCUT2D eigenvalue weighted by molar-refractivity contribution is 7.98. The maximum absolute atomic E-state index is 12.1. The lowest BCUT2D eigenvalue weighted by atomic mass is 10.2. The van der Waals surface area contributed by atoms with Crippen LogP contribution in [0, 0.1) is 6.92 Å². The highest BCUT2D eigenvalue weighted by Gasteiger charge is 2.17. The summed E-state index contributed by atoms with van der Waals surface area (Å²) in [5.41, 5.74) is 2.26. The first kappa shape index (κ1) is 12.6. The van der Waals surface area contributed by atoms with E-state index in [-0.39, 0.29) is 5.91 Å². The van der Waals surface area contributed by atoms with Crippen LogP contribution in [0.3, 0.4) is 0 Å². The van der Waals surface area contributed by atoms with Crippen molar-refractivity contribution in [3.05, 3.63) is 35.5 Å². The van der Waals surface area contributed by atoms with Crippen molar-refractivity contribution in [3.8, 4) is 0 Å². The van der Waals surface area contributed by atoms with Gasteiger partial charge in [-0.25, -0.2) is 4.68 Å². The molecule has 0 saturated carbocycles. The Morgan fingerprint density at radius 1 is 1.33 bits per heavy atom. The van der Waals surface area contributed by atoms with Gasteiger partial charge in [-0.1, -0.05) is 22.9 Å². The molecule has 0 aliphatic heterocycles. The molecule has 0 atom stereocenters. The Morgan fingerprint density at radius 2 is 2.00 bits per heavy atom. The Morgan fingerprint density at radius 3 is 2.61 bits per heavy atom. The van der Waals surface area contributed by atoms with E-state index in [0.29, 0.717) is 5.69 Å². The van der Waals surface area contributed by atoms with Crippen molar-refractivity contribution in [2.45, 2.75) is 11.9 Å². The highest BCUT2D eigenvalue weighted by Crippen LogP contribution is 2.18. The first-order chi connectivity index (χ1) is 8.61. The van der Waals surface area contributed by atoms with Crippen molar-refractivity contribution in [1.29, 1.82) is 0 Å². The fraction of sp³-hybridized carbons (Fsp3) is 0.250. The molecule has 0 unspecified atom stereocenters. The molecule has 2 aromatic rings. The summed E-state index contributed by atoms with van der Waals surface area (Å²) in [5.74, 6) is -0.240. The number of hydrogen-bond donors (Lipinski definition) is 1. The number of carbonyl (C=O) groups excluding carboxylic acids is 1. The molecule has 0 saturated heterocycles. The molecule has 1 heterocycles. The van der Waals surface area contributed by atoms with Gasteiger partial charge in [-0.2, -0.15) is 0 Å². The molecule has 0 fully saturated rings. The van der Waals surface area contributed by atoms with Gasteiger partial charge in [0, 0.05) is 12.7 Å². The van der Waals surface area contributed by atoms with E-state index in [1.165, 1.54) is 11.8 Å². The van der Waals surface area contributed by atoms with Gasteiger partial charge in [0.05, 0.1) is 0 Å². The summed E-state index contributed by atoms with van der Waals surface area (Å²) in [6.07, 6.45) is 1.89. The lowest BCUT2D eigenvalue weighted by Gasteiger charge is -2.04. The van der Waals surface area contributed by atoms with E-state index < -0.39 is 0 Å². The zero-order valence-electron chi connectivity index (χ0n) is 10.5. The van der Waals surface area contributed by atoms with E-state index >= 15 is 0 Å². The van der Waals surface area contributed by atoms with Crippen molar-refractivity contribution in [2.75, 3.05) is 11.6 Å². The largest absolute Gasteiger partial charge is 0.321 e. The first-order valence-corrected chi connectivity index (χ1v) is 6.66. The molecule has 2 rings (SSSR count). The number of benzene rings is 1. The van der Waals surface area contributed by atoms with Crippen LogP contribution >= 0.6 is 11.8 Å². The number of nitrogens with one attached hydrogen (secondary N) is 1. The van der Waals surface area contributed by atoms with Gasteiger partial charge < -0.3 is 5.32 Å². The average Bonchev–Trinajstić information content (AvgIpc) is 2.73. The van der Waals surface area contributed by atoms with E-state index in [1.54, 1.807) is 11.7 Å². The molecule has 0 spiro atoms. The number of aromatic nitrogens is 3. The number of rotatable bonds is 3. The molecule has 5 nitrogen and oxygen atoms in total. The lowest BCUT2D eigenvalue weighted by Crippen LogP contribution is -2.13. The lowest BCUT2D eigenvalue weighted by molar-refractivity contribution is 0.101. The molecule has 1 aromatic carbocycles. The molecule has 6 heteroatoms. The summed E-state index contributed by atoms with van der Waals surface area (Å²) in [7, 11) is 1.77. The van der Waals surface area contributed by atoms with Crippen LogP contribution in [0.4, 0.5) is 5.69 Å². The smallest absolute Gasteiger partial charge is 0.279 e. The summed E-state index contributed by atoms with van der Waals surface area (Å²) < 4.78 is 1.59. The fourth-order valence-electron chi connectivity index (χ4n) is 1.55. The molecule has 0 aliphatic carbocycles. The molecule has 18 heavy (non-hydrogen) atoms. The number of carbonyl (C=O) groups is 1. The first-order valence-electron chi connectivity index (χ1n) is 5.43. The normalized spacial score (nSPS) is 10.4. The van der Waals surface area contributed by atoms with Crippen LogP contribution < -0.4 is 5.32 Å². The van der Waals surface area contributed by atoms with Crippen molar-refractivity contribution in [1.82, 2.24) is 15.0 Å². The molecule has 0 aliphatic rings. The third-order valence-corrected chi connectivity index (χ3v) is 3.34. The van der Waals surface area contributed by atoms with Gasteiger partial charge in [0.1, 0.15) is 5.03 Å². The summed E-state index contributed by atoms with van der Waals surface area (Å²) >= 11 is 1.45. The van der Waals surface area contributed by atoms with Crippen LogP contribution in [0.15, 0.2) is 29.3 Å². The predicted molar refractivity (Wildman–Crippen MR) is 71.9 cm³/mol. The minimum atomic E-state index is -0.240. The monoisotopic (exact) mass is 262 g/mol. The van der Waals surface area contributed by atoms with Gasteiger partial charge >= 0.3 is 0 Å². The van der Waals surface area contributed by atoms with Crippen molar-refractivity contribution < 1.29 is 4.79 Å². The van der Waals surface area contributed by atoms with Gasteiger partial charge in [0.2, 0.25) is 0 Å². The molecule has 0 radical (unpaired) electrons. The second kappa shape index (κ2) is 5.22. The van der Waals surface area contributed by atoms with E-state index in [1.807, 2.05) is 37.4 Å². The molecule has 0 bridgehead atoms. The Kier molecular flexibility index (Phi) is 3.66. The van der Waals surface area contributed by atoms with Crippen molar-refractivity contribution in [3.63, 3.8) is 0 Å². The Labute approximate surface area is 110 Å². The van der Waals surface area contributed by atoms with Crippen molar-refractivity contribution in [2.24, 2.45) is 7.05 Å². The van der Waals surface area contributed by atoms with Crippen LogP contribution in [-0.4, -0.2) is 27.2 Å². The van der Waals surface area contributed by atoms with Crippen LogP contribution in [0.1, 0.15) is 16.1 Å². The maximum Gasteiger partial charge on any atom is 0.279 e. The third kappa shape index (κ3) is 2.53. The van der Waals surface area contributed by atoms with E-state index in [0.717, 1.165) is 16.3 Å². The highest BCUT2D eigenvalue weighted by atomic mass is 32.2. The van der Waals surface area contributed by atoms with Crippen LogP contribution in [0.25, 0.3) is 0 Å². The van der Waals surface area contributed by atoms with Crippen LogP contribution in [-0.2, 0) is 7.05 Å². The number of anilines is 1. The molecule has 1 amide bonds. The SMILES string of the molecule is CSc1c(C(=O)Nc2ccc(C)cc2)nnn1C.